The molecule has 2 amide bonds. The van der Waals surface area contributed by atoms with Crippen LogP contribution in [0.4, 0.5) is 24.5 Å². The molecular formula is C24H19F3N4O2. The molecule has 0 saturated heterocycles. The summed E-state index contributed by atoms with van der Waals surface area (Å²) in [6, 6.07) is 18.6. The molecule has 0 aliphatic carbocycles. The molecule has 0 fully saturated rings. The molecule has 168 valence electrons. The smallest absolute Gasteiger partial charge is 0.326 e. The van der Waals surface area contributed by atoms with Gasteiger partial charge in [0.25, 0.3) is 5.91 Å². The molecule has 0 aliphatic rings. The summed E-state index contributed by atoms with van der Waals surface area (Å²) in [5.74, 6) is -0.624. The standard InChI is InChI=1S/C24H19F3N4O2/c1-15(32)28-18-10-12-19(13-11-18)29-23(33)22-20-4-2-3-5-21(20)31(30-22)14-16-6-8-17(9-7-16)24(25,26)27/h2-13H,14H2,1H3,(H,28,32)(H,29,33). The number of benzene rings is 3. The van der Waals surface area contributed by atoms with E-state index in [1.807, 2.05) is 0 Å². The number of fused-ring (bicyclic) bond motifs is 1. The molecule has 2 N–H and O–H groups in total. The van der Waals surface area contributed by atoms with Crippen LogP contribution in [0, 0.1) is 0 Å². The van der Waals surface area contributed by atoms with Crippen molar-refractivity contribution in [2.45, 2.75) is 19.6 Å². The second-order valence-corrected chi connectivity index (χ2v) is 7.43. The summed E-state index contributed by atoms with van der Waals surface area (Å²) in [4.78, 5) is 24.1. The van der Waals surface area contributed by atoms with E-state index >= 15 is 0 Å². The third-order valence-electron chi connectivity index (χ3n) is 4.95. The molecule has 3 aromatic carbocycles. The fourth-order valence-corrected chi connectivity index (χ4v) is 3.42. The maximum atomic E-state index is 12.9. The summed E-state index contributed by atoms with van der Waals surface area (Å²) >= 11 is 0. The predicted octanol–water partition coefficient (Wildman–Crippen LogP) is 5.31. The summed E-state index contributed by atoms with van der Waals surface area (Å²) in [6.45, 7) is 1.61. The lowest BCUT2D eigenvalue weighted by molar-refractivity contribution is -0.137. The van der Waals surface area contributed by atoms with Gasteiger partial charge in [-0.3, -0.25) is 14.3 Å². The van der Waals surface area contributed by atoms with E-state index in [2.05, 4.69) is 15.7 Å². The van der Waals surface area contributed by atoms with Gasteiger partial charge in [0.2, 0.25) is 5.91 Å². The molecule has 0 bridgehead atoms. The first-order valence-electron chi connectivity index (χ1n) is 10.0. The molecular weight excluding hydrogens is 433 g/mol. The van der Waals surface area contributed by atoms with Crippen molar-refractivity contribution in [3.8, 4) is 0 Å². The van der Waals surface area contributed by atoms with Crippen LogP contribution in [0.25, 0.3) is 10.9 Å². The van der Waals surface area contributed by atoms with Crippen LogP contribution in [0.15, 0.2) is 72.8 Å². The van der Waals surface area contributed by atoms with E-state index < -0.39 is 17.6 Å². The lowest BCUT2D eigenvalue weighted by Gasteiger charge is -2.08. The number of aromatic nitrogens is 2. The van der Waals surface area contributed by atoms with Gasteiger partial charge in [-0.05, 0) is 48.0 Å². The highest BCUT2D eigenvalue weighted by atomic mass is 19.4. The first-order chi connectivity index (χ1) is 15.7. The molecule has 9 heteroatoms. The van der Waals surface area contributed by atoms with E-state index in [-0.39, 0.29) is 18.1 Å². The molecule has 0 aliphatic heterocycles. The Balaban J connectivity index is 1.58. The number of amides is 2. The minimum absolute atomic E-state index is 0.197. The molecule has 0 radical (unpaired) electrons. The highest BCUT2D eigenvalue weighted by Gasteiger charge is 2.30. The molecule has 0 unspecified atom stereocenters. The fraction of sp³-hybridized carbons (Fsp3) is 0.125. The fourth-order valence-electron chi connectivity index (χ4n) is 3.42. The topological polar surface area (TPSA) is 76.0 Å². The second-order valence-electron chi connectivity index (χ2n) is 7.43. The van der Waals surface area contributed by atoms with Gasteiger partial charge in [-0.1, -0.05) is 30.3 Å². The van der Waals surface area contributed by atoms with Crippen molar-refractivity contribution in [2.75, 3.05) is 10.6 Å². The molecule has 33 heavy (non-hydrogen) atoms. The molecule has 0 atom stereocenters. The minimum atomic E-state index is -4.40. The van der Waals surface area contributed by atoms with Gasteiger partial charge >= 0.3 is 6.18 Å². The van der Waals surface area contributed by atoms with Crippen molar-refractivity contribution >= 4 is 34.1 Å². The second kappa shape index (κ2) is 8.78. The quantitative estimate of drug-likeness (QED) is 0.431. The van der Waals surface area contributed by atoms with Crippen LogP contribution in [-0.2, 0) is 17.5 Å². The largest absolute Gasteiger partial charge is 0.416 e. The SMILES string of the molecule is CC(=O)Nc1ccc(NC(=O)c2nn(Cc3ccc(C(F)(F)F)cc3)c3ccccc23)cc1. The van der Waals surface area contributed by atoms with Crippen molar-refractivity contribution in [3.05, 3.63) is 89.6 Å². The van der Waals surface area contributed by atoms with Crippen LogP contribution in [0.3, 0.4) is 0 Å². The zero-order chi connectivity index (χ0) is 23.6. The summed E-state index contributed by atoms with van der Waals surface area (Å²) in [6.07, 6.45) is -4.40. The molecule has 0 saturated carbocycles. The van der Waals surface area contributed by atoms with Crippen molar-refractivity contribution in [1.29, 1.82) is 0 Å². The number of nitrogens with one attached hydrogen (secondary N) is 2. The molecule has 1 heterocycles. The number of halogens is 3. The molecule has 6 nitrogen and oxygen atoms in total. The summed E-state index contributed by atoms with van der Waals surface area (Å²) in [5.41, 5.74) is 1.91. The highest BCUT2D eigenvalue weighted by Crippen LogP contribution is 2.29. The van der Waals surface area contributed by atoms with Gasteiger partial charge in [-0.15, -0.1) is 0 Å². The lowest BCUT2D eigenvalue weighted by Crippen LogP contribution is -2.14. The van der Waals surface area contributed by atoms with Crippen LogP contribution in [0.2, 0.25) is 0 Å². The summed E-state index contributed by atoms with van der Waals surface area (Å²) in [5, 5.41) is 10.5. The van der Waals surface area contributed by atoms with Gasteiger partial charge < -0.3 is 10.6 Å². The summed E-state index contributed by atoms with van der Waals surface area (Å²) < 4.78 is 40.1. The van der Waals surface area contributed by atoms with Crippen LogP contribution >= 0.6 is 0 Å². The Hall–Kier alpha value is -4.14. The average Bonchev–Trinajstić information content (AvgIpc) is 3.13. The Kier molecular flexibility index (Phi) is 5.87. The maximum Gasteiger partial charge on any atom is 0.416 e. The van der Waals surface area contributed by atoms with Gasteiger partial charge in [-0.25, -0.2) is 0 Å². The molecule has 0 spiro atoms. The number of carbonyl (C=O) groups is 2. The van der Waals surface area contributed by atoms with Crippen LogP contribution < -0.4 is 10.6 Å². The maximum absolute atomic E-state index is 12.9. The van der Waals surface area contributed by atoms with Crippen molar-refractivity contribution < 1.29 is 22.8 Å². The number of hydrogen-bond donors (Lipinski definition) is 2. The van der Waals surface area contributed by atoms with Crippen LogP contribution in [0.5, 0.6) is 0 Å². The van der Waals surface area contributed by atoms with E-state index in [1.54, 1.807) is 53.2 Å². The number of carbonyl (C=O) groups excluding carboxylic acids is 2. The normalized spacial score (nSPS) is 11.4. The Morgan fingerprint density at radius 1 is 0.879 bits per heavy atom. The Labute approximate surface area is 187 Å². The zero-order valence-corrected chi connectivity index (χ0v) is 17.5. The van der Waals surface area contributed by atoms with E-state index in [0.29, 0.717) is 27.8 Å². The van der Waals surface area contributed by atoms with Crippen molar-refractivity contribution in [1.82, 2.24) is 9.78 Å². The van der Waals surface area contributed by atoms with Crippen LogP contribution in [0.1, 0.15) is 28.5 Å². The first kappa shape index (κ1) is 22.1. The predicted molar refractivity (Wildman–Crippen MR) is 119 cm³/mol. The number of hydrogen-bond acceptors (Lipinski definition) is 3. The van der Waals surface area contributed by atoms with Crippen LogP contribution in [-0.4, -0.2) is 21.6 Å². The van der Waals surface area contributed by atoms with Gasteiger partial charge in [0, 0.05) is 23.7 Å². The van der Waals surface area contributed by atoms with Gasteiger partial charge in [-0.2, -0.15) is 18.3 Å². The minimum Gasteiger partial charge on any atom is -0.326 e. The lowest BCUT2D eigenvalue weighted by atomic mass is 10.1. The van der Waals surface area contributed by atoms with E-state index in [0.717, 1.165) is 12.1 Å². The Morgan fingerprint density at radius 2 is 1.48 bits per heavy atom. The Bertz CT molecular complexity index is 1310. The first-order valence-corrected chi connectivity index (χ1v) is 10.0. The number of alkyl halides is 3. The van der Waals surface area contributed by atoms with E-state index in [1.165, 1.54) is 19.1 Å². The van der Waals surface area contributed by atoms with Gasteiger partial charge in [0.1, 0.15) is 0 Å². The third-order valence-corrected chi connectivity index (χ3v) is 4.95. The summed E-state index contributed by atoms with van der Waals surface area (Å²) in [7, 11) is 0. The molecule has 1 aromatic heterocycles. The van der Waals surface area contributed by atoms with Gasteiger partial charge in [0.05, 0.1) is 17.6 Å². The van der Waals surface area contributed by atoms with Crippen molar-refractivity contribution in [3.63, 3.8) is 0 Å². The third kappa shape index (κ3) is 5.03. The number of rotatable bonds is 5. The monoisotopic (exact) mass is 452 g/mol. The number of anilines is 2. The van der Waals surface area contributed by atoms with Crippen molar-refractivity contribution in [2.24, 2.45) is 0 Å². The Morgan fingerprint density at radius 3 is 2.09 bits per heavy atom. The zero-order valence-electron chi connectivity index (χ0n) is 17.5. The molecule has 4 rings (SSSR count). The number of nitrogens with zero attached hydrogens (tertiary/aromatic N) is 2. The van der Waals surface area contributed by atoms with Gasteiger partial charge in [0.15, 0.2) is 5.69 Å². The van der Waals surface area contributed by atoms with E-state index in [4.69, 9.17) is 0 Å². The van der Waals surface area contributed by atoms with E-state index in [9.17, 15) is 22.8 Å². The average molecular weight is 452 g/mol. The number of para-hydroxylation sites is 1. The molecule has 4 aromatic rings. The highest BCUT2D eigenvalue weighted by molar-refractivity contribution is 6.11.